The highest BCUT2D eigenvalue weighted by molar-refractivity contribution is 7.30. The number of para-hydroxylation sites is 5. The molecule has 0 saturated carbocycles. The number of hydrogen-bond acceptors (Lipinski definition) is 3. The number of fused-ring (bicyclic) bond motifs is 18. The molecule has 0 aliphatic carbocycles. The molecule has 0 fully saturated rings. The van der Waals surface area contributed by atoms with E-state index in [9.17, 15) is 0 Å². The summed E-state index contributed by atoms with van der Waals surface area (Å²) in [4.78, 5) is 0. The van der Waals surface area contributed by atoms with Crippen molar-refractivity contribution >= 4 is 170 Å². The van der Waals surface area contributed by atoms with Gasteiger partial charge >= 0.3 is 0 Å². The average molecular weight is 1350 g/mol. The second-order valence-corrected chi connectivity index (χ2v) is 32.2. The fourth-order valence-electron chi connectivity index (χ4n) is 17.4. The quantitative estimate of drug-likeness (QED) is 0.101. The van der Waals surface area contributed by atoms with Crippen LogP contribution in [0.15, 0.2) is 367 Å². The molecule has 0 aliphatic rings. The summed E-state index contributed by atoms with van der Waals surface area (Å²) in [6.45, 7) is 0. The van der Waals surface area contributed by atoms with Crippen molar-refractivity contribution in [1.29, 1.82) is 0 Å². The van der Waals surface area contributed by atoms with Crippen molar-refractivity contribution in [3.8, 4) is 50.4 Å². The first kappa shape index (κ1) is 57.8. The van der Waals surface area contributed by atoms with Crippen molar-refractivity contribution in [3.63, 3.8) is 0 Å². The van der Waals surface area contributed by atoms with E-state index in [2.05, 4.69) is 372 Å². The van der Waals surface area contributed by atoms with E-state index in [0.717, 1.165) is 122 Å². The first-order valence-electron chi connectivity index (χ1n) is 35.3. The number of aromatic nitrogens is 3. The van der Waals surface area contributed by atoms with Gasteiger partial charge in [0, 0.05) is 96.7 Å². The zero-order valence-corrected chi connectivity index (χ0v) is 57.4. The topological polar surface area (TPSA) is 41.1 Å². The van der Waals surface area contributed by atoms with Crippen molar-refractivity contribution in [2.45, 2.75) is 0 Å². The molecule has 7 heteroatoms. The van der Waals surface area contributed by atoms with Gasteiger partial charge in [-0.25, -0.2) is 0 Å². The van der Waals surface area contributed by atoms with Gasteiger partial charge in [-0.15, -0.1) is 11.3 Å². The first-order chi connectivity index (χ1) is 51.1. The number of thiophene rings is 1. The maximum Gasteiger partial charge on any atom is 0.181 e. The SMILES string of the molecule is c1ccc([Si](c2ccccc2)(c2cccc(-n3c4ccccc4c4cc(-c5cc(-c6cccc(-c7ccc8oc9ccc(-n%10c%11ccccc%11c%11ccccc%11%10)cc9c8c7)c6)cc6c5oc5ccc(-n7c8ccccc8c8ccccc87)cc56)ccc43)c2)c2cccc3c2sc2ccccc23)cc1. The van der Waals surface area contributed by atoms with Crippen LogP contribution in [0.3, 0.4) is 0 Å². The second kappa shape index (κ2) is 22.5. The summed E-state index contributed by atoms with van der Waals surface area (Å²) >= 11 is 1.92. The summed E-state index contributed by atoms with van der Waals surface area (Å²) in [6.07, 6.45) is 0. The van der Waals surface area contributed by atoms with Crippen molar-refractivity contribution in [3.05, 3.63) is 358 Å². The van der Waals surface area contributed by atoms with Crippen LogP contribution < -0.4 is 20.7 Å². The van der Waals surface area contributed by atoms with E-state index in [1.165, 1.54) is 78.9 Å². The molecule has 0 bridgehead atoms. The molecule has 0 N–H and O–H groups in total. The van der Waals surface area contributed by atoms with E-state index in [4.69, 9.17) is 8.83 Å². The second-order valence-electron chi connectivity index (χ2n) is 27.4. The minimum Gasteiger partial charge on any atom is -0.456 e. The first-order valence-corrected chi connectivity index (χ1v) is 38.1. The van der Waals surface area contributed by atoms with Gasteiger partial charge in [-0.1, -0.05) is 231 Å². The summed E-state index contributed by atoms with van der Waals surface area (Å²) in [7, 11) is -3.06. The molecule has 0 unspecified atom stereocenters. The normalized spacial score (nSPS) is 12.3. The van der Waals surface area contributed by atoms with Crippen LogP contribution in [-0.4, -0.2) is 21.8 Å². The Hall–Kier alpha value is -13.0. The van der Waals surface area contributed by atoms with E-state index in [1.54, 1.807) is 0 Å². The highest BCUT2D eigenvalue weighted by atomic mass is 32.1. The number of rotatable bonds is 10. The third-order valence-corrected chi connectivity index (χ3v) is 28.2. The number of nitrogens with zero attached hydrogens (tertiary/aromatic N) is 3. The molecule has 6 aromatic heterocycles. The van der Waals surface area contributed by atoms with Gasteiger partial charge in [-0.3, -0.25) is 0 Å². The van der Waals surface area contributed by atoms with Gasteiger partial charge in [0.25, 0.3) is 0 Å². The predicted octanol–water partition coefficient (Wildman–Crippen LogP) is 23.5. The average Bonchev–Trinajstić information content (AvgIpc) is 1.16. The zero-order chi connectivity index (χ0) is 67.4. The Labute approximate surface area is 596 Å². The maximum atomic E-state index is 7.26. The van der Waals surface area contributed by atoms with Crippen molar-refractivity contribution < 1.29 is 8.83 Å². The molecule has 5 nitrogen and oxygen atoms in total. The molecule has 6 heterocycles. The van der Waals surface area contributed by atoms with Crippen LogP contribution in [-0.2, 0) is 0 Å². The maximum absolute atomic E-state index is 7.26. The van der Waals surface area contributed by atoms with Gasteiger partial charge in [0.1, 0.15) is 22.3 Å². The lowest BCUT2D eigenvalue weighted by molar-refractivity contribution is 0.669. The van der Waals surface area contributed by atoms with E-state index in [1.807, 2.05) is 11.3 Å². The lowest BCUT2D eigenvalue weighted by Gasteiger charge is -2.35. The molecular weight excluding hydrogens is 1290 g/mol. The van der Waals surface area contributed by atoms with E-state index in [0.29, 0.717) is 0 Å². The number of furan rings is 2. The summed E-state index contributed by atoms with van der Waals surface area (Å²) in [5.74, 6) is 0. The molecule has 0 saturated heterocycles. The minimum absolute atomic E-state index is 0.834. The number of benzene rings is 16. The predicted molar refractivity (Wildman–Crippen MR) is 437 cm³/mol. The van der Waals surface area contributed by atoms with Crippen LogP contribution in [0, 0.1) is 0 Å². The fourth-order valence-corrected chi connectivity index (χ4v) is 24.0. The fraction of sp³-hybridized carbons (Fsp3) is 0. The van der Waals surface area contributed by atoms with Gasteiger partial charge in [0.05, 0.1) is 33.1 Å². The Bertz CT molecular complexity index is 7120. The van der Waals surface area contributed by atoms with Gasteiger partial charge in [0.2, 0.25) is 0 Å². The molecule has 480 valence electrons. The Morgan fingerprint density at radius 1 is 0.233 bits per heavy atom. The van der Waals surface area contributed by atoms with Crippen LogP contribution in [0.25, 0.3) is 180 Å². The molecule has 22 aromatic rings. The summed E-state index contributed by atoms with van der Waals surface area (Å²) in [6, 6.07) is 133. The van der Waals surface area contributed by atoms with Crippen molar-refractivity contribution in [2.24, 2.45) is 0 Å². The third-order valence-electron chi connectivity index (χ3n) is 22.0. The molecule has 22 rings (SSSR count). The molecule has 0 spiro atoms. The lowest BCUT2D eigenvalue weighted by atomic mass is 9.93. The van der Waals surface area contributed by atoms with E-state index >= 15 is 0 Å². The highest BCUT2D eigenvalue weighted by Gasteiger charge is 2.43. The molecule has 0 radical (unpaired) electrons. The van der Waals surface area contributed by atoms with E-state index < -0.39 is 8.07 Å². The standard InChI is InChI=1S/C96H59N3O2SSi/c1-3-25-68(26-4-1)103(69-27-5-2-6-28-69,94-43-21-36-77-76-35-12-18-42-93(76)102-96(77)94)70-29-20-24-65(57-70)97-88-41-17-11-34-75(88)79-54-63(44-48-89(79)97)78-55-64(56-83-82-59-67(47-51-92(82)101-95(78)83)99-86-39-15-9-32-73(86)74-33-10-16-40-87(74)99)61-23-19-22-60(52-61)62-45-49-90-80(53-62)81-58-66(46-50-91(81)100-90)98-84-37-13-7-30-71(84)72-31-8-14-38-85(72)98/h1-59H. The van der Waals surface area contributed by atoms with E-state index in [-0.39, 0.29) is 0 Å². The Kier molecular flexibility index (Phi) is 12.6. The molecule has 0 amide bonds. The molecule has 0 aliphatic heterocycles. The monoisotopic (exact) mass is 1350 g/mol. The molecule has 0 atom stereocenters. The molecule has 103 heavy (non-hydrogen) atoms. The van der Waals surface area contributed by atoms with Gasteiger partial charge in [-0.05, 0) is 176 Å². The summed E-state index contributed by atoms with van der Waals surface area (Å²) in [5.41, 5.74) is 20.2. The van der Waals surface area contributed by atoms with Gasteiger partial charge in [0.15, 0.2) is 8.07 Å². The van der Waals surface area contributed by atoms with Crippen LogP contribution in [0.4, 0.5) is 0 Å². The van der Waals surface area contributed by atoms with Gasteiger partial charge in [-0.2, -0.15) is 0 Å². The zero-order valence-electron chi connectivity index (χ0n) is 55.6. The van der Waals surface area contributed by atoms with Crippen LogP contribution in [0.1, 0.15) is 0 Å². The Morgan fingerprint density at radius 3 is 1.26 bits per heavy atom. The molecule has 16 aromatic carbocycles. The third kappa shape index (κ3) is 8.64. The number of hydrogen-bond donors (Lipinski definition) is 0. The smallest absolute Gasteiger partial charge is 0.181 e. The van der Waals surface area contributed by atoms with Crippen LogP contribution in [0.5, 0.6) is 0 Å². The minimum atomic E-state index is -3.06. The van der Waals surface area contributed by atoms with Crippen LogP contribution >= 0.6 is 11.3 Å². The summed E-state index contributed by atoms with van der Waals surface area (Å²) in [5, 5.41) is 19.6. The Morgan fingerprint density at radius 2 is 0.650 bits per heavy atom. The van der Waals surface area contributed by atoms with Gasteiger partial charge < -0.3 is 22.5 Å². The van der Waals surface area contributed by atoms with Crippen molar-refractivity contribution in [1.82, 2.24) is 13.7 Å². The largest absolute Gasteiger partial charge is 0.456 e. The highest BCUT2D eigenvalue weighted by Crippen LogP contribution is 2.46. The lowest BCUT2D eigenvalue weighted by Crippen LogP contribution is -2.74. The Balaban J connectivity index is 0.722. The van der Waals surface area contributed by atoms with Crippen molar-refractivity contribution in [2.75, 3.05) is 0 Å². The van der Waals surface area contributed by atoms with Crippen LogP contribution in [0.2, 0.25) is 0 Å². The summed E-state index contributed by atoms with van der Waals surface area (Å²) < 4.78 is 23.8. The molecular formula is C96H59N3O2SSi.